The maximum atomic E-state index is 11.6. The van der Waals surface area contributed by atoms with Crippen LogP contribution in [0.3, 0.4) is 0 Å². The van der Waals surface area contributed by atoms with Gasteiger partial charge in [0.25, 0.3) is 5.79 Å². The van der Waals surface area contributed by atoms with Gasteiger partial charge in [0.2, 0.25) is 0 Å². The predicted molar refractivity (Wildman–Crippen MR) is 69.0 cm³/mol. The van der Waals surface area contributed by atoms with Gasteiger partial charge in [-0.25, -0.2) is 9.59 Å². The fraction of sp³-hybridized carbons (Fsp3) is 0.429. The van der Waals surface area contributed by atoms with Crippen LogP contribution in [0.5, 0.6) is 0 Å². The SMILES string of the molecule is CC.Cc1ccc(C=C2C(=O)OC(C)(C)OC2=O)o1. The third kappa shape index (κ3) is 3.71. The molecule has 19 heavy (non-hydrogen) atoms. The van der Waals surface area contributed by atoms with Gasteiger partial charge >= 0.3 is 11.9 Å². The fourth-order valence-electron chi connectivity index (χ4n) is 1.45. The van der Waals surface area contributed by atoms with Crippen LogP contribution >= 0.6 is 0 Å². The smallest absolute Gasteiger partial charge is 0.348 e. The van der Waals surface area contributed by atoms with Gasteiger partial charge in [0, 0.05) is 19.9 Å². The van der Waals surface area contributed by atoms with Crippen LogP contribution in [0.25, 0.3) is 6.08 Å². The molecule has 0 saturated carbocycles. The Bertz CT molecular complexity index is 486. The van der Waals surface area contributed by atoms with Crippen LogP contribution < -0.4 is 0 Å². The summed E-state index contributed by atoms with van der Waals surface area (Å²) in [7, 11) is 0. The molecule has 1 aliphatic heterocycles. The summed E-state index contributed by atoms with van der Waals surface area (Å²) >= 11 is 0. The van der Waals surface area contributed by atoms with Gasteiger partial charge in [-0.15, -0.1) is 0 Å². The minimum atomic E-state index is -1.22. The summed E-state index contributed by atoms with van der Waals surface area (Å²) in [6.45, 7) is 8.76. The lowest BCUT2D eigenvalue weighted by atomic mass is 10.2. The highest BCUT2D eigenvalue weighted by Crippen LogP contribution is 2.24. The molecule has 0 aromatic carbocycles. The third-order valence-electron chi connectivity index (χ3n) is 2.16. The predicted octanol–water partition coefficient (Wildman–Crippen LogP) is 2.83. The number of hydrogen-bond donors (Lipinski definition) is 0. The lowest BCUT2D eigenvalue weighted by Gasteiger charge is -2.29. The second-order valence-electron chi connectivity index (χ2n) is 4.19. The lowest BCUT2D eigenvalue weighted by Crippen LogP contribution is -2.41. The minimum absolute atomic E-state index is 0.168. The zero-order chi connectivity index (χ0) is 14.6. The van der Waals surface area contributed by atoms with Gasteiger partial charge in [0.15, 0.2) is 0 Å². The summed E-state index contributed by atoms with van der Waals surface area (Å²) < 4.78 is 15.1. The second-order valence-corrected chi connectivity index (χ2v) is 4.19. The highest BCUT2D eigenvalue weighted by molar-refractivity contribution is 6.18. The van der Waals surface area contributed by atoms with E-state index in [-0.39, 0.29) is 5.57 Å². The van der Waals surface area contributed by atoms with Crippen LogP contribution in [-0.2, 0) is 19.1 Å². The molecule has 0 unspecified atom stereocenters. The standard InChI is InChI=1S/C12H12O5.C2H6/c1-7-4-5-8(15-7)6-9-10(13)16-12(2,3)17-11(9)14;1-2/h4-6H,1-3H3;1-2H3. The average molecular weight is 266 g/mol. The molecule has 104 valence electrons. The van der Waals surface area contributed by atoms with Crippen molar-refractivity contribution in [3.8, 4) is 0 Å². The molecule has 1 aromatic rings. The molecule has 1 aliphatic rings. The van der Waals surface area contributed by atoms with Gasteiger partial charge in [-0.1, -0.05) is 13.8 Å². The van der Waals surface area contributed by atoms with Crippen LogP contribution in [0.1, 0.15) is 39.2 Å². The minimum Gasteiger partial charge on any atom is -0.462 e. The van der Waals surface area contributed by atoms with Gasteiger partial charge in [-0.2, -0.15) is 0 Å². The molecule has 1 fully saturated rings. The van der Waals surface area contributed by atoms with Crippen LogP contribution in [0.15, 0.2) is 22.1 Å². The lowest BCUT2D eigenvalue weighted by molar-refractivity contribution is -0.222. The first-order chi connectivity index (χ1) is 8.87. The number of furan rings is 1. The number of esters is 2. The third-order valence-corrected chi connectivity index (χ3v) is 2.16. The van der Waals surface area contributed by atoms with Crippen molar-refractivity contribution in [2.24, 2.45) is 0 Å². The summed E-state index contributed by atoms with van der Waals surface area (Å²) in [5.74, 6) is -1.54. The number of carbonyl (C=O) groups is 2. The van der Waals surface area contributed by atoms with E-state index in [0.717, 1.165) is 0 Å². The van der Waals surface area contributed by atoms with E-state index >= 15 is 0 Å². The van der Waals surface area contributed by atoms with E-state index in [4.69, 9.17) is 13.9 Å². The Kier molecular flexibility index (Phi) is 4.53. The van der Waals surface area contributed by atoms with Crippen molar-refractivity contribution >= 4 is 18.0 Å². The van der Waals surface area contributed by atoms with Crippen molar-refractivity contribution in [1.82, 2.24) is 0 Å². The quantitative estimate of drug-likeness (QED) is 0.444. The maximum absolute atomic E-state index is 11.6. The Labute approximate surface area is 112 Å². The van der Waals surface area contributed by atoms with E-state index < -0.39 is 17.7 Å². The average Bonchev–Trinajstić information content (AvgIpc) is 2.71. The molecule has 5 nitrogen and oxygen atoms in total. The fourth-order valence-corrected chi connectivity index (χ4v) is 1.45. The summed E-state index contributed by atoms with van der Waals surface area (Å²) in [6.07, 6.45) is 1.31. The molecule has 0 N–H and O–H groups in total. The molecule has 0 radical (unpaired) electrons. The Morgan fingerprint density at radius 1 is 1.05 bits per heavy atom. The van der Waals surface area contributed by atoms with Gasteiger partial charge in [-0.3, -0.25) is 0 Å². The molecule has 1 saturated heterocycles. The molecule has 2 rings (SSSR count). The molecule has 5 heteroatoms. The van der Waals surface area contributed by atoms with E-state index in [9.17, 15) is 9.59 Å². The molecule has 0 atom stereocenters. The number of aryl methyl sites for hydroxylation is 1. The highest BCUT2D eigenvalue weighted by Gasteiger charge is 2.39. The first-order valence-corrected chi connectivity index (χ1v) is 6.12. The monoisotopic (exact) mass is 266 g/mol. The number of carbonyl (C=O) groups excluding carboxylic acids is 2. The molecular formula is C14H18O5. The first kappa shape index (κ1) is 15.0. The van der Waals surface area contributed by atoms with Crippen LogP contribution in [0, 0.1) is 6.92 Å². The summed E-state index contributed by atoms with van der Waals surface area (Å²) in [5, 5.41) is 0. The molecule has 1 aromatic heterocycles. The Hall–Kier alpha value is -2.04. The van der Waals surface area contributed by atoms with Crippen molar-refractivity contribution in [2.45, 2.75) is 40.4 Å². The summed E-state index contributed by atoms with van der Waals surface area (Å²) in [6, 6.07) is 3.39. The summed E-state index contributed by atoms with van der Waals surface area (Å²) in [4.78, 5) is 23.2. The van der Waals surface area contributed by atoms with Gasteiger partial charge < -0.3 is 13.9 Å². The number of ether oxygens (including phenoxy) is 2. The topological polar surface area (TPSA) is 65.7 Å². The van der Waals surface area contributed by atoms with Crippen molar-refractivity contribution in [2.75, 3.05) is 0 Å². The molecular weight excluding hydrogens is 248 g/mol. The van der Waals surface area contributed by atoms with Crippen LogP contribution in [0.4, 0.5) is 0 Å². The first-order valence-electron chi connectivity index (χ1n) is 6.12. The normalized spacial score (nSPS) is 17.0. The molecule has 2 heterocycles. The highest BCUT2D eigenvalue weighted by atomic mass is 16.7. The zero-order valence-electron chi connectivity index (χ0n) is 11.8. The zero-order valence-corrected chi connectivity index (χ0v) is 11.8. The van der Waals surface area contributed by atoms with Crippen LogP contribution in [-0.4, -0.2) is 17.7 Å². The van der Waals surface area contributed by atoms with Gasteiger partial charge in [-0.05, 0) is 19.1 Å². The molecule has 0 amide bonds. The van der Waals surface area contributed by atoms with E-state index in [1.165, 1.54) is 19.9 Å². The summed E-state index contributed by atoms with van der Waals surface area (Å²) in [5.41, 5.74) is -0.168. The number of rotatable bonds is 1. The van der Waals surface area contributed by atoms with E-state index in [0.29, 0.717) is 11.5 Å². The van der Waals surface area contributed by atoms with Crippen molar-refractivity contribution < 1.29 is 23.5 Å². The van der Waals surface area contributed by atoms with E-state index in [1.54, 1.807) is 19.1 Å². The van der Waals surface area contributed by atoms with Gasteiger partial charge in [0.1, 0.15) is 17.1 Å². The van der Waals surface area contributed by atoms with Crippen LogP contribution in [0.2, 0.25) is 0 Å². The molecule has 0 aliphatic carbocycles. The van der Waals surface area contributed by atoms with Crippen molar-refractivity contribution in [1.29, 1.82) is 0 Å². The van der Waals surface area contributed by atoms with E-state index in [1.807, 2.05) is 13.8 Å². The van der Waals surface area contributed by atoms with Gasteiger partial charge in [0.05, 0.1) is 0 Å². The maximum Gasteiger partial charge on any atom is 0.348 e. The Morgan fingerprint density at radius 2 is 1.58 bits per heavy atom. The molecule has 0 bridgehead atoms. The largest absolute Gasteiger partial charge is 0.462 e. The van der Waals surface area contributed by atoms with E-state index in [2.05, 4.69) is 0 Å². The Morgan fingerprint density at radius 3 is 2.00 bits per heavy atom. The number of cyclic esters (lactones) is 2. The number of hydrogen-bond acceptors (Lipinski definition) is 5. The molecule has 0 spiro atoms. The van der Waals surface area contributed by atoms with Crippen molar-refractivity contribution in [3.05, 3.63) is 29.2 Å². The van der Waals surface area contributed by atoms with Crippen molar-refractivity contribution in [3.63, 3.8) is 0 Å². The Balaban J connectivity index is 0.000000861. The second kappa shape index (κ2) is 5.73.